The molecule has 0 aliphatic carbocycles. The number of rotatable bonds is 9. The summed E-state index contributed by atoms with van der Waals surface area (Å²) in [6.07, 6.45) is 2.42. The SMILES string of the molecule is Cc1cccc(OCc2nc(CN(CCN3CCCC3)C(=O)c3ccc(F)cc3)cs2)c1C. The lowest BCUT2D eigenvalue weighted by molar-refractivity contribution is 0.0725. The number of aromatic nitrogens is 1. The molecule has 0 radical (unpaired) electrons. The molecule has 1 amide bonds. The molecule has 0 saturated carbocycles. The van der Waals surface area contributed by atoms with Gasteiger partial charge in [-0.15, -0.1) is 11.3 Å². The Morgan fingerprint density at radius 3 is 2.67 bits per heavy atom. The fourth-order valence-corrected chi connectivity index (χ4v) is 4.70. The molecule has 7 heteroatoms. The molecule has 1 aliphatic rings. The molecule has 0 N–H and O–H groups in total. The van der Waals surface area contributed by atoms with Gasteiger partial charge in [-0.1, -0.05) is 12.1 Å². The second kappa shape index (κ2) is 10.9. The van der Waals surface area contributed by atoms with E-state index in [1.54, 1.807) is 12.1 Å². The molecule has 3 aromatic rings. The smallest absolute Gasteiger partial charge is 0.254 e. The average Bonchev–Trinajstić information content (AvgIpc) is 3.50. The number of aryl methyl sites for hydroxylation is 1. The maximum absolute atomic E-state index is 13.3. The normalized spacial score (nSPS) is 13.9. The monoisotopic (exact) mass is 467 g/mol. The molecule has 0 atom stereocenters. The van der Waals surface area contributed by atoms with Crippen molar-refractivity contribution in [2.45, 2.75) is 39.8 Å². The number of likely N-dealkylation sites (tertiary alicyclic amines) is 1. The van der Waals surface area contributed by atoms with Gasteiger partial charge < -0.3 is 14.5 Å². The molecule has 33 heavy (non-hydrogen) atoms. The molecule has 5 nitrogen and oxygen atoms in total. The number of ether oxygens (including phenoxy) is 1. The summed E-state index contributed by atoms with van der Waals surface area (Å²) in [5.41, 5.74) is 3.66. The molecule has 0 unspecified atom stereocenters. The van der Waals surface area contributed by atoms with Gasteiger partial charge in [0, 0.05) is 24.0 Å². The minimum Gasteiger partial charge on any atom is -0.486 e. The number of carbonyl (C=O) groups excluding carboxylic acids is 1. The van der Waals surface area contributed by atoms with Crippen LogP contribution >= 0.6 is 11.3 Å². The number of hydrogen-bond donors (Lipinski definition) is 0. The van der Waals surface area contributed by atoms with E-state index in [9.17, 15) is 9.18 Å². The van der Waals surface area contributed by atoms with E-state index in [1.165, 1.54) is 41.9 Å². The van der Waals surface area contributed by atoms with Crippen molar-refractivity contribution in [1.29, 1.82) is 0 Å². The van der Waals surface area contributed by atoms with Crippen molar-refractivity contribution < 1.29 is 13.9 Å². The first kappa shape index (κ1) is 23.4. The summed E-state index contributed by atoms with van der Waals surface area (Å²) in [6, 6.07) is 11.8. The summed E-state index contributed by atoms with van der Waals surface area (Å²) in [6.45, 7) is 8.54. The van der Waals surface area contributed by atoms with Crippen molar-refractivity contribution in [2.24, 2.45) is 0 Å². The van der Waals surface area contributed by atoms with Crippen molar-refractivity contribution in [3.63, 3.8) is 0 Å². The summed E-state index contributed by atoms with van der Waals surface area (Å²) in [5, 5.41) is 2.86. The van der Waals surface area contributed by atoms with Gasteiger partial charge in [0.15, 0.2) is 0 Å². The lowest BCUT2D eigenvalue weighted by atomic mass is 10.1. The zero-order chi connectivity index (χ0) is 23.2. The molecule has 1 saturated heterocycles. The maximum Gasteiger partial charge on any atom is 0.254 e. The Morgan fingerprint density at radius 1 is 1.15 bits per heavy atom. The van der Waals surface area contributed by atoms with E-state index in [0.29, 0.717) is 25.3 Å². The lowest BCUT2D eigenvalue weighted by Crippen LogP contribution is -2.37. The number of benzene rings is 2. The maximum atomic E-state index is 13.3. The molecular formula is C26H30FN3O2S. The zero-order valence-corrected chi connectivity index (χ0v) is 20.0. The molecular weight excluding hydrogens is 437 g/mol. The number of carbonyl (C=O) groups is 1. The third-order valence-corrected chi connectivity index (χ3v) is 6.99. The summed E-state index contributed by atoms with van der Waals surface area (Å²) in [7, 11) is 0. The van der Waals surface area contributed by atoms with Gasteiger partial charge >= 0.3 is 0 Å². The number of amides is 1. The van der Waals surface area contributed by atoms with Gasteiger partial charge in [-0.3, -0.25) is 4.79 Å². The predicted octanol–water partition coefficient (Wildman–Crippen LogP) is 5.22. The van der Waals surface area contributed by atoms with Crippen LogP contribution in [0.3, 0.4) is 0 Å². The van der Waals surface area contributed by atoms with Crippen LogP contribution in [0, 0.1) is 19.7 Å². The molecule has 4 rings (SSSR count). The Hall–Kier alpha value is -2.77. The fourth-order valence-electron chi connectivity index (χ4n) is 4.00. The first-order chi connectivity index (χ1) is 16.0. The van der Waals surface area contributed by atoms with Crippen molar-refractivity contribution in [1.82, 2.24) is 14.8 Å². The molecule has 1 aliphatic heterocycles. The molecule has 2 aromatic carbocycles. The van der Waals surface area contributed by atoms with Gasteiger partial charge in [0.1, 0.15) is 23.2 Å². The highest BCUT2D eigenvalue weighted by atomic mass is 32.1. The van der Waals surface area contributed by atoms with Crippen LogP contribution in [0.25, 0.3) is 0 Å². The van der Waals surface area contributed by atoms with E-state index in [0.717, 1.165) is 41.6 Å². The van der Waals surface area contributed by atoms with Crippen LogP contribution in [-0.2, 0) is 13.2 Å². The number of halogens is 1. The predicted molar refractivity (Wildman–Crippen MR) is 129 cm³/mol. The highest BCUT2D eigenvalue weighted by Crippen LogP contribution is 2.23. The third-order valence-electron chi connectivity index (χ3n) is 6.12. The average molecular weight is 468 g/mol. The van der Waals surface area contributed by atoms with Crippen molar-refractivity contribution in [3.05, 3.63) is 81.1 Å². The van der Waals surface area contributed by atoms with Crippen LogP contribution in [0.1, 0.15) is 45.0 Å². The summed E-state index contributed by atoms with van der Waals surface area (Å²) < 4.78 is 19.3. The fraction of sp³-hybridized carbons (Fsp3) is 0.385. The topological polar surface area (TPSA) is 45.7 Å². The third kappa shape index (κ3) is 6.18. The Morgan fingerprint density at radius 2 is 1.91 bits per heavy atom. The van der Waals surface area contributed by atoms with Crippen molar-refractivity contribution in [3.8, 4) is 5.75 Å². The van der Waals surface area contributed by atoms with Crippen molar-refractivity contribution in [2.75, 3.05) is 26.2 Å². The molecule has 1 aromatic heterocycles. The van der Waals surface area contributed by atoms with E-state index >= 15 is 0 Å². The van der Waals surface area contributed by atoms with E-state index in [4.69, 9.17) is 9.72 Å². The highest BCUT2D eigenvalue weighted by Gasteiger charge is 2.20. The first-order valence-electron chi connectivity index (χ1n) is 11.4. The van der Waals surface area contributed by atoms with Gasteiger partial charge in [0.05, 0.1) is 12.2 Å². The standard InChI is InChI=1S/C26H30FN3O2S/c1-19-6-5-7-24(20(19)2)32-17-25-28-23(18-33-25)16-30(15-14-29-12-3-4-13-29)26(31)21-8-10-22(27)11-9-21/h5-11,18H,3-4,12-17H2,1-2H3. The van der Waals surface area contributed by atoms with Crippen LogP contribution in [0.2, 0.25) is 0 Å². The number of thiazole rings is 1. The minimum absolute atomic E-state index is 0.101. The Kier molecular flexibility index (Phi) is 7.73. The summed E-state index contributed by atoms with van der Waals surface area (Å²) >= 11 is 1.54. The van der Waals surface area contributed by atoms with Gasteiger partial charge in [0.25, 0.3) is 5.91 Å². The second-order valence-corrected chi connectivity index (χ2v) is 9.44. The van der Waals surface area contributed by atoms with Crippen molar-refractivity contribution >= 4 is 17.2 Å². The van der Waals surface area contributed by atoms with Crippen LogP contribution in [0.5, 0.6) is 5.75 Å². The molecule has 0 bridgehead atoms. The summed E-state index contributed by atoms with van der Waals surface area (Å²) in [5.74, 6) is 0.420. The van der Waals surface area contributed by atoms with Gasteiger partial charge in [0.2, 0.25) is 0 Å². The quantitative estimate of drug-likeness (QED) is 0.433. The Bertz CT molecular complexity index is 1080. The lowest BCUT2D eigenvalue weighted by Gasteiger charge is -2.25. The van der Waals surface area contributed by atoms with E-state index < -0.39 is 0 Å². The van der Waals surface area contributed by atoms with Gasteiger partial charge in [-0.05, 0) is 81.2 Å². The second-order valence-electron chi connectivity index (χ2n) is 8.50. The largest absolute Gasteiger partial charge is 0.486 e. The van der Waals surface area contributed by atoms with E-state index in [2.05, 4.69) is 24.8 Å². The Labute approximate surface area is 198 Å². The summed E-state index contributed by atoms with van der Waals surface area (Å²) in [4.78, 5) is 22.1. The van der Waals surface area contributed by atoms with Crippen LogP contribution in [0.4, 0.5) is 4.39 Å². The first-order valence-corrected chi connectivity index (χ1v) is 12.3. The molecule has 0 spiro atoms. The van der Waals surface area contributed by atoms with Gasteiger partial charge in [-0.2, -0.15) is 0 Å². The van der Waals surface area contributed by atoms with Crippen LogP contribution < -0.4 is 4.74 Å². The molecule has 2 heterocycles. The number of nitrogens with zero attached hydrogens (tertiary/aromatic N) is 3. The molecule has 1 fully saturated rings. The van der Waals surface area contributed by atoms with E-state index in [1.807, 2.05) is 22.4 Å². The van der Waals surface area contributed by atoms with E-state index in [-0.39, 0.29) is 11.7 Å². The Balaban J connectivity index is 1.42. The highest BCUT2D eigenvalue weighted by molar-refractivity contribution is 7.09. The van der Waals surface area contributed by atoms with Crippen LogP contribution in [-0.4, -0.2) is 46.9 Å². The van der Waals surface area contributed by atoms with Crippen LogP contribution in [0.15, 0.2) is 47.8 Å². The minimum atomic E-state index is -0.344. The molecule has 174 valence electrons. The number of hydrogen-bond acceptors (Lipinski definition) is 5. The van der Waals surface area contributed by atoms with Gasteiger partial charge in [-0.25, -0.2) is 9.37 Å². The zero-order valence-electron chi connectivity index (χ0n) is 19.2.